The van der Waals surface area contributed by atoms with E-state index < -0.39 is 26.5 Å². The molecule has 0 heterocycles. The van der Waals surface area contributed by atoms with E-state index in [9.17, 15) is 19.0 Å². The summed E-state index contributed by atoms with van der Waals surface area (Å²) in [5, 5.41) is 0. The Morgan fingerprint density at radius 3 is 0.976 bits per heavy atom. The Bertz CT molecular complexity index is 1670. The van der Waals surface area contributed by atoms with Gasteiger partial charge >= 0.3 is 19.8 Å². The Balaban J connectivity index is 3.85. The van der Waals surface area contributed by atoms with Crippen molar-refractivity contribution < 1.29 is 37.6 Å². The molecule has 2 unspecified atom stereocenters. The quantitative estimate of drug-likeness (QED) is 0.0264. The zero-order valence-corrected chi connectivity index (χ0v) is 56.5. The summed E-state index contributed by atoms with van der Waals surface area (Å²) in [6.45, 7) is 3.68. The maximum absolute atomic E-state index is 12.8. The molecule has 494 valence electrons. The number of unbranched alkanes of at least 4 members (excludes halogenated alkanes) is 41. The Labute approximate surface area is 525 Å². The minimum atomic E-state index is -4.40. The number of carbonyl (C=O) groups is 2. The predicted molar refractivity (Wildman–Crippen MR) is 367 cm³/mol. The summed E-state index contributed by atoms with van der Waals surface area (Å²) in [5.41, 5.74) is 5.41. The second kappa shape index (κ2) is 70.3. The molecule has 0 aliphatic heterocycles. The summed E-state index contributed by atoms with van der Waals surface area (Å²) in [6.07, 6.45) is 94.0. The number of phosphoric ester groups is 1. The highest BCUT2D eigenvalue weighted by Crippen LogP contribution is 2.43. The third-order valence-electron chi connectivity index (χ3n) is 15.8. The number of rotatable bonds is 68. The van der Waals surface area contributed by atoms with Gasteiger partial charge in [-0.3, -0.25) is 18.6 Å². The lowest BCUT2D eigenvalue weighted by atomic mass is 10.0. The lowest BCUT2D eigenvalue weighted by Gasteiger charge is -2.19. The third kappa shape index (κ3) is 70.2. The highest BCUT2D eigenvalue weighted by molar-refractivity contribution is 7.47. The number of ether oxygens (including phenoxy) is 2. The zero-order valence-electron chi connectivity index (χ0n) is 55.6. The fourth-order valence-electron chi connectivity index (χ4n) is 10.5. The second-order valence-electron chi connectivity index (χ2n) is 24.1. The lowest BCUT2D eigenvalue weighted by Crippen LogP contribution is -2.29. The maximum Gasteiger partial charge on any atom is 0.472 e. The molecular weight excluding hydrogens is 1070 g/mol. The van der Waals surface area contributed by atoms with Gasteiger partial charge in [-0.25, -0.2) is 4.57 Å². The smallest absolute Gasteiger partial charge is 0.462 e. The molecule has 0 fully saturated rings. The predicted octanol–water partition coefficient (Wildman–Crippen LogP) is 23.8. The first kappa shape index (κ1) is 82.2. The number of allylic oxidation sites excluding steroid dienone is 14. The number of hydrogen-bond donors (Lipinski definition) is 2. The molecule has 9 nitrogen and oxygen atoms in total. The van der Waals surface area contributed by atoms with Gasteiger partial charge in [0.1, 0.15) is 6.61 Å². The van der Waals surface area contributed by atoms with Gasteiger partial charge in [0.15, 0.2) is 6.10 Å². The minimum Gasteiger partial charge on any atom is -0.462 e. The van der Waals surface area contributed by atoms with Crippen LogP contribution in [0.3, 0.4) is 0 Å². The average Bonchev–Trinajstić information content (AvgIpc) is 3.52. The molecule has 85 heavy (non-hydrogen) atoms. The van der Waals surface area contributed by atoms with Crippen LogP contribution in [0.2, 0.25) is 0 Å². The largest absolute Gasteiger partial charge is 0.472 e. The van der Waals surface area contributed by atoms with E-state index in [1.54, 1.807) is 0 Å². The summed E-state index contributed by atoms with van der Waals surface area (Å²) in [4.78, 5) is 35.4. The molecule has 0 rings (SSSR count). The van der Waals surface area contributed by atoms with E-state index in [1.165, 1.54) is 238 Å². The summed E-state index contributed by atoms with van der Waals surface area (Å²) in [5.74, 6) is -0.815. The Hall–Kier alpha value is -2.81. The number of carbonyl (C=O) groups excluding carboxylic acids is 2. The van der Waals surface area contributed by atoms with Gasteiger partial charge < -0.3 is 20.1 Å². The Kier molecular flexibility index (Phi) is 68.0. The minimum absolute atomic E-state index is 0.0524. The van der Waals surface area contributed by atoms with Crippen molar-refractivity contribution in [1.29, 1.82) is 0 Å². The van der Waals surface area contributed by atoms with Crippen LogP contribution < -0.4 is 5.73 Å². The van der Waals surface area contributed by atoms with Crippen molar-refractivity contribution in [2.24, 2.45) is 5.73 Å². The van der Waals surface area contributed by atoms with Crippen LogP contribution in [0.15, 0.2) is 85.1 Å². The number of hydrogen-bond acceptors (Lipinski definition) is 8. The molecule has 0 aliphatic carbocycles. The first-order valence-corrected chi connectivity index (χ1v) is 37.6. The molecule has 0 spiro atoms. The van der Waals surface area contributed by atoms with Gasteiger partial charge in [-0.2, -0.15) is 0 Å². The van der Waals surface area contributed by atoms with Crippen LogP contribution in [0.1, 0.15) is 348 Å². The van der Waals surface area contributed by atoms with Gasteiger partial charge in [-0.1, -0.05) is 330 Å². The zero-order chi connectivity index (χ0) is 61.6. The van der Waals surface area contributed by atoms with E-state index >= 15 is 0 Å². The number of nitrogens with two attached hydrogens (primary N) is 1. The van der Waals surface area contributed by atoms with Crippen molar-refractivity contribution in [3.8, 4) is 0 Å². The lowest BCUT2D eigenvalue weighted by molar-refractivity contribution is -0.161. The van der Waals surface area contributed by atoms with Crippen molar-refractivity contribution in [3.63, 3.8) is 0 Å². The molecule has 0 aliphatic rings. The number of esters is 2. The van der Waals surface area contributed by atoms with Crippen LogP contribution in [0, 0.1) is 0 Å². The highest BCUT2D eigenvalue weighted by Gasteiger charge is 2.26. The fourth-order valence-corrected chi connectivity index (χ4v) is 11.2. The van der Waals surface area contributed by atoms with Crippen LogP contribution in [0.5, 0.6) is 0 Å². The molecule has 0 aromatic heterocycles. The summed E-state index contributed by atoms with van der Waals surface area (Å²) >= 11 is 0. The Morgan fingerprint density at radius 1 is 0.365 bits per heavy atom. The molecule has 0 bridgehead atoms. The van der Waals surface area contributed by atoms with Crippen LogP contribution in [-0.4, -0.2) is 49.3 Å². The highest BCUT2D eigenvalue weighted by atomic mass is 31.2. The molecule has 0 aromatic carbocycles. The normalized spacial score (nSPS) is 13.4. The summed E-state index contributed by atoms with van der Waals surface area (Å²) in [6, 6.07) is 0. The molecule has 0 amide bonds. The molecule has 3 N–H and O–H groups in total. The molecule has 10 heteroatoms. The molecular formula is C75H136NO8P. The first-order valence-electron chi connectivity index (χ1n) is 36.1. The third-order valence-corrected chi connectivity index (χ3v) is 16.7. The van der Waals surface area contributed by atoms with Crippen LogP contribution >= 0.6 is 7.82 Å². The van der Waals surface area contributed by atoms with E-state index in [0.717, 1.165) is 77.0 Å². The standard InChI is InChI=1S/C75H136NO8P/c1-3-5-7-9-11-13-15-17-19-21-23-25-27-29-31-33-35-36-38-40-42-44-46-48-50-52-54-56-58-60-62-64-66-68-75(78)84-73(72-83-85(79,80)82-70-69-76)71-81-74(77)67-65-63-61-59-57-55-53-51-49-47-45-43-41-39-37-34-32-30-28-26-24-22-20-18-16-14-12-10-8-6-4-2/h5,7,11,13,17,19,22-25,29,31,35-36,73H,3-4,6,8-10,12,14-16,18,20-21,26-28,30,32-34,37-72,76H2,1-2H3,(H,79,80)/b7-5-,13-11-,19-17-,24-22-,25-23-,31-29-,36-35-. The van der Waals surface area contributed by atoms with Crippen LogP contribution in [0.25, 0.3) is 0 Å². The molecule has 2 atom stereocenters. The molecule has 0 saturated carbocycles. The molecule has 0 radical (unpaired) electrons. The van der Waals surface area contributed by atoms with Crippen molar-refractivity contribution in [3.05, 3.63) is 85.1 Å². The van der Waals surface area contributed by atoms with Crippen molar-refractivity contribution in [2.45, 2.75) is 354 Å². The van der Waals surface area contributed by atoms with Gasteiger partial charge in [0.05, 0.1) is 13.2 Å². The Morgan fingerprint density at radius 2 is 0.647 bits per heavy atom. The van der Waals surface area contributed by atoms with Gasteiger partial charge in [0.25, 0.3) is 0 Å². The van der Waals surface area contributed by atoms with Gasteiger partial charge in [-0.05, 0) is 89.9 Å². The van der Waals surface area contributed by atoms with E-state index in [-0.39, 0.29) is 38.6 Å². The molecule has 0 aromatic rings. The SMILES string of the molecule is CC/C=C\C/C=C\C/C=C\C/C=C\C/C=C\C/C=C\CCCCCCCCCCCCCCCCC(=O)OC(COC(=O)CCCCCCCCCCCCCCCCCCCCC/C=C\CCCCCCCCCC)COP(=O)(O)OCCN. The van der Waals surface area contributed by atoms with Crippen molar-refractivity contribution in [2.75, 3.05) is 26.4 Å². The van der Waals surface area contributed by atoms with E-state index in [0.29, 0.717) is 6.42 Å². The second-order valence-corrected chi connectivity index (χ2v) is 25.5. The summed E-state index contributed by atoms with van der Waals surface area (Å²) < 4.78 is 33.2. The van der Waals surface area contributed by atoms with Gasteiger partial charge in [0, 0.05) is 19.4 Å². The van der Waals surface area contributed by atoms with Crippen molar-refractivity contribution in [1.82, 2.24) is 0 Å². The average molecular weight is 1210 g/mol. The van der Waals surface area contributed by atoms with Crippen molar-refractivity contribution >= 4 is 19.8 Å². The van der Waals surface area contributed by atoms with E-state index in [4.69, 9.17) is 24.3 Å². The maximum atomic E-state index is 12.8. The van der Waals surface area contributed by atoms with Gasteiger partial charge in [0.2, 0.25) is 0 Å². The van der Waals surface area contributed by atoms with Gasteiger partial charge in [-0.15, -0.1) is 0 Å². The first-order chi connectivity index (χ1) is 41.8. The summed E-state index contributed by atoms with van der Waals surface area (Å²) in [7, 11) is -4.40. The van der Waals surface area contributed by atoms with Crippen LogP contribution in [0.4, 0.5) is 0 Å². The monoisotopic (exact) mass is 1210 g/mol. The van der Waals surface area contributed by atoms with Crippen LogP contribution in [-0.2, 0) is 32.7 Å². The topological polar surface area (TPSA) is 134 Å². The fraction of sp³-hybridized carbons (Fsp3) is 0.787. The number of phosphoric acid groups is 1. The van der Waals surface area contributed by atoms with E-state index in [1.807, 2.05) is 0 Å². The van der Waals surface area contributed by atoms with E-state index in [2.05, 4.69) is 98.9 Å². The molecule has 0 saturated heterocycles.